The van der Waals surface area contributed by atoms with Crippen LogP contribution in [-0.4, -0.2) is 60.2 Å². The summed E-state index contributed by atoms with van der Waals surface area (Å²) in [5.41, 5.74) is 0.152. The zero-order chi connectivity index (χ0) is 20.0. The SMILES string of the molecule is CC(C)(C)C(=O)N1CCN(C(=O)CCCNC(=O)c2ccc(Cl)cc2)CC1. The highest BCUT2D eigenvalue weighted by molar-refractivity contribution is 6.30. The Hall–Kier alpha value is -2.08. The highest BCUT2D eigenvalue weighted by Gasteiger charge is 2.30. The second kappa shape index (κ2) is 9.22. The Morgan fingerprint density at radius 2 is 1.56 bits per heavy atom. The van der Waals surface area contributed by atoms with E-state index in [1.165, 1.54) is 0 Å². The first-order chi connectivity index (χ1) is 12.7. The van der Waals surface area contributed by atoms with E-state index in [0.717, 1.165) is 0 Å². The summed E-state index contributed by atoms with van der Waals surface area (Å²) in [4.78, 5) is 40.2. The molecule has 1 aliphatic heterocycles. The molecular weight excluding hydrogens is 366 g/mol. The Balaban J connectivity index is 1.67. The number of nitrogens with one attached hydrogen (secondary N) is 1. The van der Waals surface area contributed by atoms with E-state index in [4.69, 9.17) is 11.6 Å². The molecule has 27 heavy (non-hydrogen) atoms. The van der Waals surface area contributed by atoms with E-state index in [2.05, 4.69) is 5.32 Å². The molecule has 1 fully saturated rings. The van der Waals surface area contributed by atoms with Crippen LogP contribution in [0.25, 0.3) is 0 Å². The second-order valence-corrected chi connectivity index (χ2v) is 8.23. The van der Waals surface area contributed by atoms with Crippen LogP contribution in [0.1, 0.15) is 44.0 Å². The Bertz CT molecular complexity index is 675. The number of amides is 3. The molecule has 1 aliphatic rings. The zero-order valence-corrected chi connectivity index (χ0v) is 17.0. The summed E-state index contributed by atoms with van der Waals surface area (Å²) in [7, 11) is 0. The third-order valence-electron chi connectivity index (χ3n) is 4.52. The predicted molar refractivity (Wildman–Crippen MR) is 106 cm³/mol. The van der Waals surface area contributed by atoms with Gasteiger partial charge in [-0.2, -0.15) is 0 Å². The molecule has 1 N–H and O–H groups in total. The molecular formula is C20H28ClN3O3. The Kier molecular flexibility index (Phi) is 7.25. The Morgan fingerprint density at radius 3 is 2.11 bits per heavy atom. The van der Waals surface area contributed by atoms with Gasteiger partial charge in [0.25, 0.3) is 5.91 Å². The summed E-state index contributed by atoms with van der Waals surface area (Å²) in [5, 5.41) is 3.39. The van der Waals surface area contributed by atoms with Crippen molar-refractivity contribution in [2.24, 2.45) is 5.41 Å². The Morgan fingerprint density at radius 1 is 1.00 bits per heavy atom. The lowest BCUT2D eigenvalue weighted by Gasteiger charge is -2.37. The summed E-state index contributed by atoms with van der Waals surface area (Å²) in [6.07, 6.45) is 0.966. The molecule has 1 saturated heterocycles. The van der Waals surface area contributed by atoms with E-state index in [9.17, 15) is 14.4 Å². The fourth-order valence-electron chi connectivity index (χ4n) is 2.94. The summed E-state index contributed by atoms with van der Waals surface area (Å²) >= 11 is 5.80. The van der Waals surface area contributed by atoms with Gasteiger partial charge in [-0.25, -0.2) is 0 Å². The van der Waals surface area contributed by atoms with Gasteiger partial charge in [0, 0.05) is 55.1 Å². The topological polar surface area (TPSA) is 69.7 Å². The van der Waals surface area contributed by atoms with Crippen molar-refractivity contribution in [2.45, 2.75) is 33.6 Å². The van der Waals surface area contributed by atoms with Crippen molar-refractivity contribution < 1.29 is 14.4 Å². The van der Waals surface area contributed by atoms with E-state index in [-0.39, 0.29) is 17.7 Å². The third kappa shape index (κ3) is 6.24. The first kappa shape index (κ1) is 21.2. The van der Waals surface area contributed by atoms with Gasteiger partial charge in [-0.15, -0.1) is 0 Å². The van der Waals surface area contributed by atoms with Gasteiger partial charge in [0.15, 0.2) is 0 Å². The van der Waals surface area contributed by atoms with Gasteiger partial charge in [0.1, 0.15) is 0 Å². The molecule has 148 valence electrons. The normalized spacial score (nSPS) is 14.8. The van der Waals surface area contributed by atoms with E-state index >= 15 is 0 Å². The summed E-state index contributed by atoms with van der Waals surface area (Å²) in [6, 6.07) is 6.68. The monoisotopic (exact) mass is 393 g/mol. The number of carbonyl (C=O) groups excluding carboxylic acids is 3. The maximum Gasteiger partial charge on any atom is 0.251 e. The van der Waals surface area contributed by atoms with Crippen LogP contribution in [-0.2, 0) is 9.59 Å². The summed E-state index contributed by atoms with van der Waals surface area (Å²) in [5.74, 6) is 0.0199. The molecule has 7 heteroatoms. The fraction of sp³-hybridized carbons (Fsp3) is 0.550. The highest BCUT2D eigenvalue weighted by atomic mass is 35.5. The quantitative estimate of drug-likeness (QED) is 0.781. The van der Waals surface area contributed by atoms with Crippen LogP contribution in [0.3, 0.4) is 0 Å². The maximum atomic E-state index is 12.3. The average Bonchev–Trinajstić information content (AvgIpc) is 2.64. The second-order valence-electron chi connectivity index (χ2n) is 7.79. The van der Waals surface area contributed by atoms with Gasteiger partial charge >= 0.3 is 0 Å². The fourth-order valence-corrected chi connectivity index (χ4v) is 3.06. The third-order valence-corrected chi connectivity index (χ3v) is 4.77. The molecule has 1 aromatic rings. The molecule has 1 aromatic carbocycles. The number of piperazine rings is 1. The Labute approximate surface area is 165 Å². The molecule has 2 rings (SSSR count). The van der Waals surface area contributed by atoms with Crippen molar-refractivity contribution >= 4 is 29.3 Å². The van der Waals surface area contributed by atoms with Gasteiger partial charge in [-0.1, -0.05) is 32.4 Å². The number of hydrogen-bond acceptors (Lipinski definition) is 3. The van der Waals surface area contributed by atoms with E-state index < -0.39 is 5.41 Å². The molecule has 0 bridgehead atoms. The van der Waals surface area contributed by atoms with Crippen molar-refractivity contribution in [3.63, 3.8) is 0 Å². The highest BCUT2D eigenvalue weighted by Crippen LogP contribution is 2.19. The van der Waals surface area contributed by atoms with Crippen LogP contribution in [0, 0.1) is 5.41 Å². The molecule has 0 spiro atoms. The number of halogens is 1. The molecule has 3 amide bonds. The minimum absolute atomic E-state index is 0.0681. The molecule has 0 atom stereocenters. The lowest BCUT2D eigenvalue weighted by molar-refractivity contribution is -0.144. The lowest BCUT2D eigenvalue weighted by Crippen LogP contribution is -2.53. The van der Waals surface area contributed by atoms with Crippen LogP contribution in [0.4, 0.5) is 0 Å². The number of benzene rings is 1. The van der Waals surface area contributed by atoms with E-state index in [1.807, 2.05) is 25.7 Å². The van der Waals surface area contributed by atoms with Gasteiger partial charge < -0.3 is 15.1 Å². The largest absolute Gasteiger partial charge is 0.352 e. The molecule has 0 unspecified atom stereocenters. The van der Waals surface area contributed by atoms with Crippen LogP contribution >= 0.6 is 11.6 Å². The first-order valence-electron chi connectivity index (χ1n) is 9.29. The number of carbonyl (C=O) groups is 3. The van der Waals surface area contributed by atoms with Gasteiger partial charge in [-0.3, -0.25) is 14.4 Å². The van der Waals surface area contributed by atoms with Crippen molar-refractivity contribution in [1.29, 1.82) is 0 Å². The first-order valence-corrected chi connectivity index (χ1v) is 9.67. The average molecular weight is 394 g/mol. The smallest absolute Gasteiger partial charge is 0.251 e. The van der Waals surface area contributed by atoms with Crippen molar-refractivity contribution in [2.75, 3.05) is 32.7 Å². The number of rotatable bonds is 5. The van der Waals surface area contributed by atoms with Gasteiger partial charge in [0.2, 0.25) is 11.8 Å². The van der Waals surface area contributed by atoms with Gasteiger partial charge in [-0.05, 0) is 30.7 Å². The van der Waals surface area contributed by atoms with E-state index in [0.29, 0.717) is 56.2 Å². The molecule has 0 aromatic heterocycles. The maximum absolute atomic E-state index is 12.3. The van der Waals surface area contributed by atoms with E-state index in [1.54, 1.807) is 29.2 Å². The van der Waals surface area contributed by atoms with Gasteiger partial charge in [0.05, 0.1) is 0 Å². The molecule has 0 radical (unpaired) electrons. The van der Waals surface area contributed by atoms with Crippen molar-refractivity contribution in [3.8, 4) is 0 Å². The molecule has 1 heterocycles. The number of hydrogen-bond donors (Lipinski definition) is 1. The summed E-state index contributed by atoms with van der Waals surface area (Å²) < 4.78 is 0. The molecule has 0 aliphatic carbocycles. The standard InChI is InChI=1S/C20H28ClN3O3/c1-20(2,3)19(27)24-13-11-23(12-14-24)17(25)5-4-10-22-18(26)15-6-8-16(21)9-7-15/h6-9H,4-5,10-14H2,1-3H3,(H,22,26). The minimum atomic E-state index is -0.394. The molecule has 6 nitrogen and oxygen atoms in total. The van der Waals surface area contributed by atoms with Crippen molar-refractivity contribution in [3.05, 3.63) is 34.9 Å². The molecule has 0 saturated carbocycles. The van der Waals surface area contributed by atoms with Crippen molar-refractivity contribution in [1.82, 2.24) is 15.1 Å². The summed E-state index contributed by atoms with van der Waals surface area (Å²) in [6.45, 7) is 8.46. The predicted octanol–water partition coefficient (Wildman–Crippen LogP) is 2.57. The minimum Gasteiger partial charge on any atom is -0.352 e. The number of nitrogens with zero attached hydrogens (tertiary/aromatic N) is 2. The lowest BCUT2D eigenvalue weighted by atomic mass is 9.94. The van der Waals surface area contributed by atoms with Crippen LogP contribution in [0.15, 0.2) is 24.3 Å². The van der Waals surface area contributed by atoms with Crippen LogP contribution in [0.5, 0.6) is 0 Å². The van der Waals surface area contributed by atoms with Crippen LogP contribution in [0.2, 0.25) is 5.02 Å². The van der Waals surface area contributed by atoms with Crippen LogP contribution < -0.4 is 5.32 Å². The zero-order valence-electron chi connectivity index (χ0n) is 16.3.